The topological polar surface area (TPSA) is 35.0 Å². The van der Waals surface area contributed by atoms with E-state index in [4.69, 9.17) is 4.74 Å². The molecule has 0 N–H and O–H groups in total. The van der Waals surface area contributed by atoms with Crippen molar-refractivity contribution < 1.29 is 4.74 Å². The highest BCUT2D eigenvalue weighted by Crippen LogP contribution is 2.17. The summed E-state index contributed by atoms with van der Waals surface area (Å²) in [6.07, 6.45) is 2.89. The first-order chi connectivity index (χ1) is 7.29. The lowest BCUT2D eigenvalue weighted by Gasteiger charge is -2.02. The molecule has 2 rings (SSSR count). The van der Waals surface area contributed by atoms with Gasteiger partial charge >= 0.3 is 0 Å². The third kappa shape index (κ3) is 2.13. The van der Waals surface area contributed by atoms with Crippen LogP contribution in [0, 0.1) is 13.1 Å². The normalized spacial score (nSPS) is 10.0. The van der Waals surface area contributed by atoms with Crippen LogP contribution >= 0.6 is 0 Å². The van der Waals surface area contributed by atoms with Gasteiger partial charge in [0.2, 0.25) is 5.88 Å². The predicted molar refractivity (Wildman–Crippen MR) is 57.6 cm³/mol. The van der Waals surface area contributed by atoms with Crippen molar-refractivity contribution >= 4 is 0 Å². The first-order valence-electron chi connectivity index (χ1n) is 4.66. The smallest absolute Gasteiger partial charge is 0.213 e. The standard InChI is InChI=1S/C12H11N2O/c1-9-4-3-5-11(14-9)10-6-7-12(15-2)13-8-10/h3-7H,1-2H3. The second-order valence-electron chi connectivity index (χ2n) is 3.18. The molecular formula is C12H11N2O. The highest BCUT2D eigenvalue weighted by atomic mass is 16.5. The second kappa shape index (κ2) is 4.09. The van der Waals surface area contributed by atoms with Crippen molar-refractivity contribution in [2.75, 3.05) is 7.11 Å². The lowest BCUT2D eigenvalue weighted by Crippen LogP contribution is -1.90. The van der Waals surface area contributed by atoms with Gasteiger partial charge in [0.25, 0.3) is 0 Å². The fourth-order valence-electron chi connectivity index (χ4n) is 1.29. The lowest BCUT2D eigenvalue weighted by molar-refractivity contribution is 0.397. The van der Waals surface area contributed by atoms with Crippen molar-refractivity contribution in [2.24, 2.45) is 0 Å². The number of aryl methyl sites for hydroxylation is 1. The van der Waals surface area contributed by atoms with Crippen LogP contribution in [0.5, 0.6) is 5.88 Å². The zero-order valence-corrected chi connectivity index (χ0v) is 8.69. The quantitative estimate of drug-likeness (QED) is 0.744. The third-order valence-corrected chi connectivity index (χ3v) is 2.05. The molecule has 3 nitrogen and oxygen atoms in total. The summed E-state index contributed by atoms with van der Waals surface area (Å²) in [5, 5.41) is 0. The summed E-state index contributed by atoms with van der Waals surface area (Å²) < 4.78 is 4.97. The van der Waals surface area contributed by atoms with Crippen molar-refractivity contribution in [3.8, 4) is 17.1 Å². The number of pyridine rings is 2. The van der Waals surface area contributed by atoms with Gasteiger partial charge in [0.15, 0.2) is 0 Å². The molecule has 2 heterocycles. The minimum absolute atomic E-state index is 0.561. The van der Waals surface area contributed by atoms with Crippen LogP contribution in [0.15, 0.2) is 30.3 Å². The SMILES string of the molecule is COc1ccc(-c2cccc(C)n2)[c]n1. The Labute approximate surface area is 88.8 Å². The van der Waals surface area contributed by atoms with Crippen molar-refractivity contribution in [1.29, 1.82) is 0 Å². The van der Waals surface area contributed by atoms with Gasteiger partial charge in [-0.2, -0.15) is 0 Å². The number of methoxy groups -OCH3 is 1. The van der Waals surface area contributed by atoms with E-state index in [0.717, 1.165) is 17.0 Å². The molecule has 0 fully saturated rings. The molecule has 0 saturated heterocycles. The Kier molecular flexibility index (Phi) is 2.63. The Morgan fingerprint density at radius 1 is 1.20 bits per heavy atom. The number of rotatable bonds is 2. The highest BCUT2D eigenvalue weighted by Gasteiger charge is 2.00. The van der Waals surface area contributed by atoms with Gasteiger partial charge < -0.3 is 4.74 Å². The van der Waals surface area contributed by atoms with Crippen LogP contribution in [0.1, 0.15) is 5.69 Å². The molecule has 75 valence electrons. The number of hydrogen-bond acceptors (Lipinski definition) is 3. The van der Waals surface area contributed by atoms with Crippen molar-refractivity contribution in [1.82, 2.24) is 9.97 Å². The Bertz CT molecular complexity index is 451. The lowest BCUT2D eigenvalue weighted by atomic mass is 10.2. The minimum atomic E-state index is 0.561. The first kappa shape index (κ1) is 9.65. The second-order valence-corrected chi connectivity index (χ2v) is 3.18. The summed E-state index contributed by atoms with van der Waals surface area (Å²) >= 11 is 0. The number of ether oxygens (including phenoxy) is 1. The zero-order chi connectivity index (χ0) is 10.7. The van der Waals surface area contributed by atoms with Crippen LogP contribution in [0.3, 0.4) is 0 Å². The molecule has 0 aliphatic carbocycles. The van der Waals surface area contributed by atoms with E-state index in [1.54, 1.807) is 13.2 Å². The maximum Gasteiger partial charge on any atom is 0.213 e. The van der Waals surface area contributed by atoms with Crippen LogP contribution in [-0.4, -0.2) is 17.1 Å². The van der Waals surface area contributed by atoms with Crippen LogP contribution in [0.25, 0.3) is 11.3 Å². The maximum atomic E-state index is 4.97. The summed E-state index contributed by atoms with van der Waals surface area (Å²) in [5.74, 6) is 0.561. The maximum absolute atomic E-state index is 4.97. The molecule has 15 heavy (non-hydrogen) atoms. The molecule has 0 aromatic carbocycles. The van der Waals surface area contributed by atoms with Gasteiger partial charge in [0, 0.05) is 17.3 Å². The molecule has 0 spiro atoms. The van der Waals surface area contributed by atoms with Gasteiger partial charge in [-0.15, -0.1) is 0 Å². The fraction of sp³-hybridized carbons (Fsp3) is 0.167. The fourth-order valence-corrected chi connectivity index (χ4v) is 1.29. The van der Waals surface area contributed by atoms with Crippen LogP contribution in [0.2, 0.25) is 0 Å². The summed E-state index contributed by atoms with van der Waals surface area (Å²) in [4.78, 5) is 8.40. The molecule has 1 radical (unpaired) electrons. The van der Waals surface area contributed by atoms with E-state index < -0.39 is 0 Å². The van der Waals surface area contributed by atoms with E-state index in [1.807, 2.05) is 31.2 Å². The summed E-state index contributed by atoms with van der Waals surface area (Å²) in [6.45, 7) is 1.96. The third-order valence-electron chi connectivity index (χ3n) is 2.05. The number of aromatic nitrogens is 2. The Balaban J connectivity index is 2.37. The zero-order valence-electron chi connectivity index (χ0n) is 8.69. The van der Waals surface area contributed by atoms with Gasteiger partial charge in [-0.3, -0.25) is 4.98 Å². The first-order valence-corrected chi connectivity index (χ1v) is 4.66. The van der Waals surface area contributed by atoms with E-state index in [1.165, 1.54) is 0 Å². The van der Waals surface area contributed by atoms with Crippen LogP contribution < -0.4 is 4.74 Å². The van der Waals surface area contributed by atoms with E-state index in [2.05, 4.69) is 16.2 Å². The van der Waals surface area contributed by atoms with Crippen LogP contribution in [-0.2, 0) is 0 Å². The van der Waals surface area contributed by atoms with E-state index >= 15 is 0 Å². The number of nitrogens with zero attached hydrogens (tertiary/aromatic N) is 2. The van der Waals surface area contributed by atoms with E-state index in [9.17, 15) is 0 Å². The van der Waals surface area contributed by atoms with Gasteiger partial charge in [0.05, 0.1) is 12.8 Å². The van der Waals surface area contributed by atoms with Gasteiger partial charge in [-0.05, 0) is 25.1 Å². The Hall–Kier alpha value is -1.90. The molecule has 0 aliphatic heterocycles. The van der Waals surface area contributed by atoms with Gasteiger partial charge in [-0.25, -0.2) is 4.98 Å². The van der Waals surface area contributed by atoms with Crippen molar-refractivity contribution in [3.63, 3.8) is 0 Å². The Morgan fingerprint density at radius 2 is 2.07 bits per heavy atom. The van der Waals surface area contributed by atoms with E-state index in [0.29, 0.717) is 5.88 Å². The molecule has 2 aromatic heterocycles. The van der Waals surface area contributed by atoms with Crippen molar-refractivity contribution in [2.45, 2.75) is 6.92 Å². The highest BCUT2D eigenvalue weighted by molar-refractivity contribution is 5.57. The number of hydrogen-bond donors (Lipinski definition) is 0. The van der Waals surface area contributed by atoms with Crippen molar-refractivity contribution in [3.05, 3.63) is 42.2 Å². The average molecular weight is 199 g/mol. The molecule has 0 bridgehead atoms. The summed E-state index contributed by atoms with van der Waals surface area (Å²) in [5.41, 5.74) is 2.74. The Morgan fingerprint density at radius 3 is 2.67 bits per heavy atom. The summed E-state index contributed by atoms with van der Waals surface area (Å²) in [6, 6.07) is 9.56. The minimum Gasteiger partial charge on any atom is -0.481 e. The predicted octanol–water partition coefficient (Wildman–Crippen LogP) is 2.26. The van der Waals surface area contributed by atoms with E-state index in [-0.39, 0.29) is 0 Å². The molecule has 0 unspecified atom stereocenters. The average Bonchev–Trinajstić information content (AvgIpc) is 2.29. The summed E-state index contributed by atoms with van der Waals surface area (Å²) in [7, 11) is 1.58. The molecule has 2 aromatic rings. The molecule has 0 saturated carbocycles. The molecule has 0 aliphatic rings. The molecule has 0 amide bonds. The van der Waals surface area contributed by atoms with Gasteiger partial charge in [-0.1, -0.05) is 6.07 Å². The van der Waals surface area contributed by atoms with Gasteiger partial charge in [0.1, 0.15) is 6.20 Å². The van der Waals surface area contributed by atoms with Crippen LogP contribution in [0.4, 0.5) is 0 Å². The largest absolute Gasteiger partial charge is 0.481 e. The molecule has 0 atom stereocenters. The molecular weight excluding hydrogens is 188 g/mol. The molecule has 3 heteroatoms. The monoisotopic (exact) mass is 199 g/mol.